The molecule has 4 aliphatic carbocycles. The van der Waals surface area contributed by atoms with Crippen molar-refractivity contribution in [3.8, 4) is 0 Å². The van der Waals surface area contributed by atoms with Crippen molar-refractivity contribution in [2.24, 2.45) is 23.2 Å². The molecular weight excluding hydrogens is 342 g/mol. The number of carbonyl (C=O) groups excluding carboxylic acids is 2. The molecule has 6 aliphatic rings. The predicted molar refractivity (Wildman–Crippen MR) is 101 cm³/mol. The molecule has 4 saturated carbocycles. The third-order valence-corrected chi connectivity index (χ3v) is 7.89. The third-order valence-electron chi connectivity index (χ3n) is 7.89. The van der Waals surface area contributed by atoms with Crippen LogP contribution in [0.3, 0.4) is 0 Å². The number of nitrogens with zero attached hydrogens (tertiary/aromatic N) is 2. The molecular formula is C21H33N3O3. The fourth-order valence-corrected chi connectivity index (χ4v) is 6.93. The van der Waals surface area contributed by atoms with Gasteiger partial charge in [-0.1, -0.05) is 0 Å². The molecule has 3 amide bonds. The van der Waals surface area contributed by atoms with Crippen LogP contribution in [0.1, 0.15) is 51.4 Å². The van der Waals surface area contributed by atoms with E-state index in [9.17, 15) is 9.59 Å². The monoisotopic (exact) mass is 375 g/mol. The molecule has 2 aliphatic heterocycles. The zero-order valence-electron chi connectivity index (χ0n) is 16.3. The molecule has 6 fully saturated rings. The first-order chi connectivity index (χ1) is 13.1. The first kappa shape index (κ1) is 17.8. The summed E-state index contributed by atoms with van der Waals surface area (Å²) < 4.78 is 5.36. The minimum absolute atomic E-state index is 0.0313. The second-order valence-electron chi connectivity index (χ2n) is 9.81. The van der Waals surface area contributed by atoms with Crippen LogP contribution in [0.2, 0.25) is 0 Å². The summed E-state index contributed by atoms with van der Waals surface area (Å²) in [6.45, 7) is 4.18. The summed E-state index contributed by atoms with van der Waals surface area (Å²) >= 11 is 0. The number of hydrogen-bond acceptors (Lipinski definition) is 3. The van der Waals surface area contributed by atoms with E-state index in [0.29, 0.717) is 32.1 Å². The van der Waals surface area contributed by atoms with Crippen LogP contribution in [0.15, 0.2) is 0 Å². The normalized spacial score (nSPS) is 38.9. The van der Waals surface area contributed by atoms with Gasteiger partial charge in [-0.3, -0.25) is 4.79 Å². The SMILES string of the molecule is O=C(NC1CCOCC1)N1CCN(C(=O)C23CC4CC(CC(C4)C2)C3)CC1. The highest BCUT2D eigenvalue weighted by Crippen LogP contribution is 2.60. The molecule has 2 heterocycles. The summed E-state index contributed by atoms with van der Waals surface area (Å²) in [7, 11) is 0. The van der Waals surface area contributed by atoms with Crippen molar-refractivity contribution < 1.29 is 14.3 Å². The molecule has 150 valence electrons. The Morgan fingerprint density at radius 1 is 0.815 bits per heavy atom. The molecule has 0 atom stereocenters. The Labute approximate surface area is 162 Å². The van der Waals surface area contributed by atoms with Gasteiger partial charge in [0.05, 0.1) is 5.41 Å². The van der Waals surface area contributed by atoms with Gasteiger partial charge in [-0.25, -0.2) is 4.79 Å². The van der Waals surface area contributed by atoms with Gasteiger partial charge in [0, 0.05) is 45.4 Å². The molecule has 2 saturated heterocycles. The van der Waals surface area contributed by atoms with Gasteiger partial charge in [-0.15, -0.1) is 0 Å². The maximum absolute atomic E-state index is 13.4. The second-order valence-corrected chi connectivity index (χ2v) is 9.81. The van der Waals surface area contributed by atoms with Crippen molar-refractivity contribution in [3.63, 3.8) is 0 Å². The fourth-order valence-electron chi connectivity index (χ4n) is 6.93. The van der Waals surface area contributed by atoms with Crippen LogP contribution in [0.4, 0.5) is 4.79 Å². The lowest BCUT2D eigenvalue weighted by molar-refractivity contribution is -0.159. The van der Waals surface area contributed by atoms with Gasteiger partial charge in [-0.2, -0.15) is 0 Å². The number of rotatable bonds is 2. The van der Waals surface area contributed by atoms with Gasteiger partial charge in [0.2, 0.25) is 5.91 Å². The minimum atomic E-state index is -0.0543. The molecule has 27 heavy (non-hydrogen) atoms. The molecule has 6 heteroatoms. The second kappa shape index (κ2) is 6.94. The van der Waals surface area contributed by atoms with Crippen molar-refractivity contribution in [2.75, 3.05) is 39.4 Å². The Morgan fingerprint density at radius 3 is 1.89 bits per heavy atom. The lowest BCUT2D eigenvalue weighted by atomic mass is 9.49. The van der Waals surface area contributed by atoms with Crippen molar-refractivity contribution in [2.45, 2.75) is 57.4 Å². The summed E-state index contributed by atoms with van der Waals surface area (Å²) in [5.74, 6) is 2.80. The standard InChI is InChI=1S/C21H33N3O3/c25-19(21-12-15-9-16(13-21)11-17(10-15)14-21)23-3-5-24(6-4-23)20(26)22-18-1-7-27-8-2-18/h15-18H,1-14H2,(H,22,26). The van der Waals surface area contributed by atoms with Crippen LogP contribution in [-0.2, 0) is 9.53 Å². The topological polar surface area (TPSA) is 61.9 Å². The number of amides is 3. The smallest absolute Gasteiger partial charge is 0.317 e. The van der Waals surface area contributed by atoms with E-state index in [1.54, 1.807) is 0 Å². The highest BCUT2D eigenvalue weighted by atomic mass is 16.5. The van der Waals surface area contributed by atoms with Crippen molar-refractivity contribution in [3.05, 3.63) is 0 Å². The van der Waals surface area contributed by atoms with Crippen LogP contribution >= 0.6 is 0 Å². The summed E-state index contributed by atoms with van der Waals surface area (Å²) in [6, 6.07) is 0.266. The predicted octanol–water partition coefficient (Wildman–Crippen LogP) is 2.24. The molecule has 1 N–H and O–H groups in total. The lowest BCUT2D eigenvalue weighted by Gasteiger charge is -2.57. The Hall–Kier alpha value is -1.30. The van der Waals surface area contributed by atoms with Crippen molar-refractivity contribution in [1.29, 1.82) is 0 Å². The van der Waals surface area contributed by atoms with E-state index in [1.807, 2.05) is 4.90 Å². The van der Waals surface area contributed by atoms with Crippen LogP contribution in [-0.4, -0.2) is 67.2 Å². The molecule has 0 aromatic rings. The number of carbonyl (C=O) groups is 2. The van der Waals surface area contributed by atoms with Crippen LogP contribution in [0.5, 0.6) is 0 Å². The largest absolute Gasteiger partial charge is 0.381 e. The van der Waals surface area contributed by atoms with Gasteiger partial charge in [0.15, 0.2) is 0 Å². The van der Waals surface area contributed by atoms with E-state index in [1.165, 1.54) is 19.3 Å². The molecule has 6 nitrogen and oxygen atoms in total. The average molecular weight is 376 g/mol. The Bertz CT molecular complexity index is 558. The highest BCUT2D eigenvalue weighted by molar-refractivity contribution is 5.84. The Balaban J connectivity index is 1.16. The molecule has 0 spiro atoms. The first-order valence-corrected chi connectivity index (χ1v) is 11.0. The highest BCUT2D eigenvalue weighted by Gasteiger charge is 2.55. The number of ether oxygens (including phenoxy) is 1. The van der Waals surface area contributed by atoms with E-state index in [0.717, 1.165) is 63.1 Å². The number of piperazine rings is 1. The maximum atomic E-state index is 13.4. The summed E-state index contributed by atoms with van der Waals surface area (Å²) in [5.41, 5.74) is -0.0543. The summed E-state index contributed by atoms with van der Waals surface area (Å²) in [5, 5.41) is 3.14. The van der Waals surface area contributed by atoms with Gasteiger partial charge >= 0.3 is 6.03 Å². The molecule has 0 aromatic heterocycles. The van der Waals surface area contributed by atoms with E-state index in [4.69, 9.17) is 4.74 Å². The van der Waals surface area contributed by atoms with E-state index < -0.39 is 0 Å². The van der Waals surface area contributed by atoms with E-state index in [2.05, 4.69) is 10.2 Å². The lowest BCUT2D eigenvalue weighted by Crippen LogP contribution is -2.59. The molecule has 0 radical (unpaired) electrons. The molecule has 0 aromatic carbocycles. The van der Waals surface area contributed by atoms with Crippen molar-refractivity contribution >= 4 is 11.9 Å². The van der Waals surface area contributed by atoms with Crippen LogP contribution < -0.4 is 5.32 Å². The molecule has 6 rings (SSSR count). The number of hydrogen-bond donors (Lipinski definition) is 1. The van der Waals surface area contributed by atoms with Crippen molar-refractivity contribution in [1.82, 2.24) is 15.1 Å². The quantitative estimate of drug-likeness (QED) is 0.805. The van der Waals surface area contributed by atoms with Crippen LogP contribution in [0.25, 0.3) is 0 Å². The van der Waals surface area contributed by atoms with Gasteiger partial charge in [-0.05, 0) is 69.1 Å². The third kappa shape index (κ3) is 3.34. The summed E-state index contributed by atoms with van der Waals surface area (Å²) in [4.78, 5) is 29.9. The number of nitrogens with one attached hydrogen (secondary N) is 1. The van der Waals surface area contributed by atoms with Crippen LogP contribution in [0, 0.1) is 23.2 Å². The zero-order chi connectivity index (χ0) is 18.4. The van der Waals surface area contributed by atoms with E-state index in [-0.39, 0.29) is 17.5 Å². The maximum Gasteiger partial charge on any atom is 0.317 e. The number of urea groups is 1. The van der Waals surface area contributed by atoms with Gasteiger partial charge in [0.1, 0.15) is 0 Å². The minimum Gasteiger partial charge on any atom is -0.381 e. The van der Waals surface area contributed by atoms with Gasteiger partial charge in [0.25, 0.3) is 0 Å². The zero-order valence-corrected chi connectivity index (χ0v) is 16.3. The van der Waals surface area contributed by atoms with Gasteiger partial charge < -0.3 is 19.9 Å². The summed E-state index contributed by atoms with van der Waals surface area (Å²) in [6.07, 6.45) is 9.28. The molecule has 4 bridgehead atoms. The first-order valence-electron chi connectivity index (χ1n) is 11.0. The fraction of sp³-hybridized carbons (Fsp3) is 0.905. The average Bonchev–Trinajstić information content (AvgIpc) is 2.67. The Morgan fingerprint density at radius 2 is 1.33 bits per heavy atom. The molecule has 0 unspecified atom stereocenters. The van der Waals surface area contributed by atoms with E-state index >= 15 is 0 Å². The Kier molecular flexibility index (Phi) is 4.57.